The SMILES string of the molecule is Cc1ccc(NC(C)c2ccc(F)cc2F)cc1Br. The van der Waals surface area contributed by atoms with Gasteiger partial charge in [0.1, 0.15) is 11.6 Å². The van der Waals surface area contributed by atoms with Crippen LogP contribution in [0.15, 0.2) is 40.9 Å². The highest BCUT2D eigenvalue weighted by Crippen LogP contribution is 2.25. The first-order valence-corrected chi connectivity index (χ1v) is 6.74. The first kappa shape index (κ1) is 14.0. The Kier molecular flexibility index (Phi) is 4.20. The molecule has 0 fully saturated rings. The van der Waals surface area contributed by atoms with Crippen molar-refractivity contribution in [1.29, 1.82) is 0 Å². The fourth-order valence-corrected chi connectivity index (χ4v) is 2.24. The van der Waals surface area contributed by atoms with E-state index in [9.17, 15) is 8.78 Å². The molecule has 2 aromatic carbocycles. The van der Waals surface area contributed by atoms with E-state index in [4.69, 9.17) is 0 Å². The third kappa shape index (κ3) is 3.32. The van der Waals surface area contributed by atoms with E-state index in [0.29, 0.717) is 5.56 Å². The van der Waals surface area contributed by atoms with Crippen LogP contribution in [0.1, 0.15) is 24.1 Å². The molecule has 0 radical (unpaired) electrons. The van der Waals surface area contributed by atoms with Crippen LogP contribution in [0.4, 0.5) is 14.5 Å². The summed E-state index contributed by atoms with van der Waals surface area (Å²) in [6.07, 6.45) is 0. The summed E-state index contributed by atoms with van der Waals surface area (Å²) < 4.78 is 27.5. The zero-order valence-corrected chi connectivity index (χ0v) is 12.3. The van der Waals surface area contributed by atoms with Crippen molar-refractivity contribution in [3.05, 3.63) is 63.6 Å². The van der Waals surface area contributed by atoms with Gasteiger partial charge >= 0.3 is 0 Å². The zero-order chi connectivity index (χ0) is 14.0. The van der Waals surface area contributed by atoms with Crippen molar-refractivity contribution in [2.75, 3.05) is 5.32 Å². The number of hydrogen-bond donors (Lipinski definition) is 1. The van der Waals surface area contributed by atoms with Crippen molar-refractivity contribution in [3.8, 4) is 0 Å². The maximum absolute atomic E-state index is 13.7. The Bertz CT molecular complexity index is 599. The molecule has 0 amide bonds. The molecule has 0 aliphatic rings. The molecule has 0 spiro atoms. The van der Waals surface area contributed by atoms with Crippen LogP contribution in [0.5, 0.6) is 0 Å². The summed E-state index contributed by atoms with van der Waals surface area (Å²) in [6.45, 7) is 3.83. The number of rotatable bonds is 3. The van der Waals surface area contributed by atoms with Crippen molar-refractivity contribution in [2.24, 2.45) is 0 Å². The Balaban J connectivity index is 2.20. The molecular weight excluding hydrogens is 312 g/mol. The topological polar surface area (TPSA) is 12.0 Å². The summed E-state index contributed by atoms with van der Waals surface area (Å²) >= 11 is 3.45. The minimum atomic E-state index is -0.563. The van der Waals surface area contributed by atoms with E-state index in [-0.39, 0.29) is 6.04 Å². The van der Waals surface area contributed by atoms with Gasteiger partial charge < -0.3 is 5.32 Å². The van der Waals surface area contributed by atoms with Crippen LogP contribution in [0.25, 0.3) is 0 Å². The Labute approximate surface area is 119 Å². The molecule has 0 aliphatic heterocycles. The summed E-state index contributed by atoms with van der Waals surface area (Å²) in [5.41, 5.74) is 2.46. The number of benzene rings is 2. The number of nitrogens with one attached hydrogen (secondary N) is 1. The number of halogens is 3. The van der Waals surface area contributed by atoms with E-state index in [1.54, 1.807) is 0 Å². The second kappa shape index (κ2) is 5.70. The lowest BCUT2D eigenvalue weighted by Crippen LogP contribution is -2.08. The van der Waals surface area contributed by atoms with Gasteiger partial charge in [-0.25, -0.2) is 8.78 Å². The maximum Gasteiger partial charge on any atom is 0.131 e. The molecule has 0 aliphatic carbocycles. The first-order chi connectivity index (χ1) is 8.97. The highest BCUT2D eigenvalue weighted by atomic mass is 79.9. The highest BCUT2D eigenvalue weighted by Gasteiger charge is 2.11. The molecule has 4 heteroatoms. The minimum Gasteiger partial charge on any atom is -0.378 e. The largest absolute Gasteiger partial charge is 0.378 e. The number of aryl methyl sites for hydroxylation is 1. The summed E-state index contributed by atoms with van der Waals surface area (Å²) in [4.78, 5) is 0. The van der Waals surface area contributed by atoms with Crippen LogP contribution >= 0.6 is 15.9 Å². The Morgan fingerprint density at radius 1 is 1.11 bits per heavy atom. The average Bonchev–Trinajstić information content (AvgIpc) is 2.33. The minimum absolute atomic E-state index is 0.241. The molecule has 0 saturated carbocycles. The van der Waals surface area contributed by atoms with Crippen LogP contribution in [0, 0.1) is 18.6 Å². The lowest BCUT2D eigenvalue weighted by atomic mass is 10.1. The average molecular weight is 326 g/mol. The van der Waals surface area contributed by atoms with Crippen LogP contribution in [0.2, 0.25) is 0 Å². The molecule has 1 nitrogen and oxygen atoms in total. The van der Waals surface area contributed by atoms with E-state index in [2.05, 4.69) is 21.2 Å². The van der Waals surface area contributed by atoms with Crippen LogP contribution in [0.3, 0.4) is 0 Å². The molecule has 1 unspecified atom stereocenters. The first-order valence-electron chi connectivity index (χ1n) is 5.95. The standard InChI is InChI=1S/C15H14BrF2N/c1-9-3-5-12(8-14(9)16)19-10(2)13-6-4-11(17)7-15(13)18/h3-8,10,19H,1-2H3. The van der Waals surface area contributed by atoms with Crippen LogP contribution < -0.4 is 5.32 Å². The second-order valence-corrected chi connectivity index (χ2v) is 5.35. The van der Waals surface area contributed by atoms with Gasteiger partial charge in [-0.15, -0.1) is 0 Å². The number of anilines is 1. The summed E-state index contributed by atoms with van der Waals surface area (Å²) in [5.74, 6) is -1.10. The lowest BCUT2D eigenvalue weighted by Gasteiger charge is -2.17. The predicted octanol–water partition coefficient (Wildman–Crippen LogP) is 5.21. The number of hydrogen-bond acceptors (Lipinski definition) is 1. The van der Waals surface area contributed by atoms with E-state index >= 15 is 0 Å². The Morgan fingerprint density at radius 3 is 2.47 bits per heavy atom. The molecule has 0 bridgehead atoms. The third-order valence-corrected chi connectivity index (χ3v) is 3.84. The summed E-state index contributed by atoms with van der Waals surface area (Å²) in [5, 5.41) is 3.19. The maximum atomic E-state index is 13.7. The van der Waals surface area contributed by atoms with Gasteiger partial charge in [-0.3, -0.25) is 0 Å². The zero-order valence-electron chi connectivity index (χ0n) is 10.7. The van der Waals surface area contributed by atoms with E-state index in [1.807, 2.05) is 32.0 Å². The van der Waals surface area contributed by atoms with Gasteiger partial charge in [0.05, 0.1) is 6.04 Å². The van der Waals surface area contributed by atoms with E-state index in [0.717, 1.165) is 21.8 Å². The highest BCUT2D eigenvalue weighted by molar-refractivity contribution is 9.10. The molecule has 2 aromatic rings. The van der Waals surface area contributed by atoms with Gasteiger partial charge in [0.2, 0.25) is 0 Å². The third-order valence-electron chi connectivity index (χ3n) is 2.98. The van der Waals surface area contributed by atoms with E-state index < -0.39 is 11.6 Å². The van der Waals surface area contributed by atoms with Gasteiger partial charge in [-0.1, -0.05) is 28.1 Å². The molecule has 1 atom stereocenters. The van der Waals surface area contributed by atoms with Gasteiger partial charge in [-0.05, 0) is 37.6 Å². The van der Waals surface area contributed by atoms with Crippen molar-refractivity contribution >= 4 is 21.6 Å². The fraction of sp³-hybridized carbons (Fsp3) is 0.200. The van der Waals surface area contributed by atoms with Crippen LogP contribution in [-0.2, 0) is 0 Å². The molecular formula is C15H14BrF2N. The molecule has 2 rings (SSSR count). The van der Waals surface area contributed by atoms with Crippen molar-refractivity contribution in [1.82, 2.24) is 0 Å². The molecule has 19 heavy (non-hydrogen) atoms. The van der Waals surface area contributed by atoms with Gasteiger partial charge in [-0.2, -0.15) is 0 Å². The Morgan fingerprint density at radius 2 is 1.84 bits per heavy atom. The smallest absolute Gasteiger partial charge is 0.131 e. The monoisotopic (exact) mass is 325 g/mol. The summed E-state index contributed by atoms with van der Waals surface area (Å²) in [7, 11) is 0. The Hall–Kier alpha value is -1.42. The van der Waals surface area contributed by atoms with Crippen LogP contribution in [-0.4, -0.2) is 0 Å². The van der Waals surface area contributed by atoms with Gasteiger partial charge in [0.15, 0.2) is 0 Å². The molecule has 0 heterocycles. The fourth-order valence-electron chi connectivity index (χ4n) is 1.86. The van der Waals surface area contributed by atoms with Crippen molar-refractivity contribution in [3.63, 3.8) is 0 Å². The summed E-state index contributed by atoms with van der Waals surface area (Å²) in [6, 6.07) is 9.23. The van der Waals surface area contributed by atoms with E-state index in [1.165, 1.54) is 12.1 Å². The molecule has 0 aromatic heterocycles. The molecule has 0 saturated heterocycles. The molecule has 1 N–H and O–H groups in total. The van der Waals surface area contributed by atoms with Gasteiger partial charge in [0, 0.05) is 21.8 Å². The molecule has 100 valence electrons. The van der Waals surface area contributed by atoms with Crippen molar-refractivity contribution < 1.29 is 8.78 Å². The van der Waals surface area contributed by atoms with Crippen molar-refractivity contribution in [2.45, 2.75) is 19.9 Å². The predicted molar refractivity (Wildman–Crippen MR) is 77.3 cm³/mol. The van der Waals surface area contributed by atoms with Gasteiger partial charge in [0.25, 0.3) is 0 Å². The second-order valence-electron chi connectivity index (χ2n) is 4.50. The normalized spacial score (nSPS) is 12.3. The lowest BCUT2D eigenvalue weighted by molar-refractivity contribution is 0.566. The quantitative estimate of drug-likeness (QED) is 0.816.